The molecule has 0 bridgehead atoms. The van der Waals surface area contributed by atoms with Crippen molar-refractivity contribution >= 4 is 49.9 Å². The number of aromatic nitrogens is 2. The first-order valence-corrected chi connectivity index (χ1v) is 11.8. The van der Waals surface area contributed by atoms with E-state index in [0.717, 1.165) is 36.0 Å². The van der Waals surface area contributed by atoms with Crippen molar-refractivity contribution in [1.82, 2.24) is 9.36 Å². The SMILES string of the molecule is O=C(COc1ccc(F)c(Cl)c1)N1CCCc2ccc(S(=O)(=O)Nc3ncns3)cc21. The third-order valence-corrected chi connectivity index (χ3v) is 6.96. The Morgan fingerprint density at radius 3 is 2.87 bits per heavy atom. The summed E-state index contributed by atoms with van der Waals surface area (Å²) in [6.45, 7) is 0.119. The van der Waals surface area contributed by atoms with Crippen LogP contribution in [0.1, 0.15) is 12.0 Å². The van der Waals surface area contributed by atoms with Gasteiger partial charge in [-0.15, -0.1) is 0 Å². The predicted molar refractivity (Wildman–Crippen MR) is 115 cm³/mol. The maximum atomic E-state index is 13.3. The number of fused-ring (bicyclic) bond motifs is 1. The van der Waals surface area contributed by atoms with Gasteiger partial charge < -0.3 is 9.64 Å². The molecule has 12 heteroatoms. The Kier molecular flexibility index (Phi) is 6.08. The van der Waals surface area contributed by atoms with E-state index >= 15 is 0 Å². The zero-order valence-electron chi connectivity index (χ0n) is 15.9. The summed E-state index contributed by atoms with van der Waals surface area (Å²) >= 11 is 6.65. The number of anilines is 2. The van der Waals surface area contributed by atoms with E-state index in [1.165, 1.54) is 35.5 Å². The molecule has 1 amide bonds. The maximum Gasteiger partial charge on any atom is 0.264 e. The molecule has 1 N–H and O–H groups in total. The number of carbonyl (C=O) groups is 1. The number of sulfonamides is 1. The van der Waals surface area contributed by atoms with Crippen molar-refractivity contribution in [3.8, 4) is 5.75 Å². The molecule has 1 aromatic heterocycles. The predicted octanol–water partition coefficient (Wildman–Crippen LogP) is 3.49. The van der Waals surface area contributed by atoms with Crippen LogP contribution in [-0.4, -0.2) is 36.8 Å². The molecule has 8 nitrogen and oxygen atoms in total. The molecular formula is C19H16ClFN4O4S2. The fourth-order valence-electron chi connectivity index (χ4n) is 3.16. The normalized spacial score (nSPS) is 13.5. The molecule has 0 saturated carbocycles. The van der Waals surface area contributed by atoms with Crippen LogP contribution < -0.4 is 14.4 Å². The number of ether oxygens (including phenoxy) is 1. The summed E-state index contributed by atoms with van der Waals surface area (Å²) in [5.74, 6) is -0.677. The van der Waals surface area contributed by atoms with Gasteiger partial charge >= 0.3 is 0 Å². The van der Waals surface area contributed by atoms with E-state index in [-0.39, 0.29) is 33.3 Å². The van der Waals surface area contributed by atoms with Crippen LogP contribution in [0.3, 0.4) is 0 Å². The first-order chi connectivity index (χ1) is 14.8. The second-order valence-corrected chi connectivity index (χ2v) is 9.53. The third kappa shape index (κ3) is 4.78. The third-order valence-electron chi connectivity index (χ3n) is 4.62. The Morgan fingerprint density at radius 2 is 2.13 bits per heavy atom. The van der Waals surface area contributed by atoms with Gasteiger partial charge in [0.2, 0.25) is 5.13 Å². The number of hydrogen-bond donors (Lipinski definition) is 1. The van der Waals surface area contributed by atoms with E-state index in [1.807, 2.05) is 0 Å². The number of nitrogens with one attached hydrogen (secondary N) is 1. The highest BCUT2D eigenvalue weighted by Crippen LogP contribution is 2.31. The van der Waals surface area contributed by atoms with Gasteiger partial charge in [0.1, 0.15) is 17.9 Å². The molecular weight excluding hydrogens is 467 g/mol. The van der Waals surface area contributed by atoms with Crippen molar-refractivity contribution < 1.29 is 22.3 Å². The molecule has 4 rings (SSSR count). The van der Waals surface area contributed by atoms with E-state index in [4.69, 9.17) is 16.3 Å². The monoisotopic (exact) mass is 482 g/mol. The highest BCUT2D eigenvalue weighted by Gasteiger charge is 2.26. The molecule has 0 spiro atoms. The van der Waals surface area contributed by atoms with E-state index in [2.05, 4.69) is 14.1 Å². The number of rotatable bonds is 6. The number of halogens is 2. The van der Waals surface area contributed by atoms with Crippen molar-refractivity contribution in [3.63, 3.8) is 0 Å². The van der Waals surface area contributed by atoms with E-state index in [1.54, 1.807) is 6.07 Å². The van der Waals surface area contributed by atoms with Gasteiger partial charge in [-0.3, -0.25) is 9.52 Å². The minimum absolute atomic E-state index is 0.00684. The number of nitrogens with zero attached hydrogens (tertiary/aromatic N) is 3. The molecule has 2 aromatic carbocycles. The Bertz CT molecular complexity index is 1220. The standard InChI is InChI=1S/C19H16ClFN4O4S2/c20-15-8-13(4-6-16(15)21)29-10-18(26)25-7-1-2-12-3-5-14(9-17(12)25)31(27,28)24-19-22-11-23-30-19/h3-6,8-9,11H,1-2,7,10H2,(H,22,23,24). The molecule has 0 radical (unpaired) electrons. The average molecular weight is 483 g/mol. The lowest BCUT2D eigenvalue weighted by atomic mass is 10.0. The summed E-state index contributed by atoms with van der Waals surface area (Å²) in [7, 11) is -3.89. The van der Waals surface area contributed by atoms with Crippen molar-refractivity contribution in [3.05, 3.63) is 59.1 Å². The van der Waals surface area contributed by atoms with Gasteiger partial charge in [0.25, 0.3) is 15.9 Å². The van der Waals surface area contributed by atoms with Crippen LogP contribution in [0, 0.1) is 5.82 Å². The molecule has 0 atom stereocenters. The lowest BCUT2D eigenvalue weighted by molar-refractivity contribution is -0.120. The number of hydrogen-bond acceptors (Lipinski definition) is 7. The molecule has 2 heterocycles. The maximum absolute atomic E-state index is 13.3. The van der Waals surface area contributed by atoms with Gasteiger partial charge in [-0.2, -0.15) is 4.37 Å². The van der Waals surface area contributed by atoms with Crippen molar-refractivity contribution in [2.24, 2.45) is 0 Å². The van der Waals surface area contributed by atoms with Crippen LogP contribution in [0.5, 0.6) is 5.75 Å². The molecule has 31 heavy (non-hydrogen) atoms. The van der Waals surface area contributed by atoms with Gasteiger partial charge in [-0.05, 0) is 42.7 Å². The van der Waals surface area contributed by atoms with Gasteiger partial charge in [-0.25, -0.2) is 17.8 Å². The Balaban J connectivity index is 1.54. The lowest BCUT2D eigenvalue weighted by Gasteiger charge is -2.30. The van der Waals surface area contributed by atoms with Crippen LogP contribution in [0.4, 0.5) is 15.2 Å². The Morgan fingerprint density at radius 1 is 1.29 bits per heavy atom. The second kappa shape index (κ2) is 8.77. The Hall–Kier alpha value is -2.76. The van der Waals surface area contributed by atoms with Crippen LogP contribution >= 0.6 is 23.1 Å². The summed E-state index contributed by atoms with van der Waals surface area (Å²) in [6.07, 6.45) is 2.71. The first-order valence-electron chi connectivity index (χ1n) is 9.14. The largest absolute Gasteiger partial charge is 0.484 e. The molecule has 162 valence electrons. The Labute approximate surface area is 186 Å². The number of benzene rings is 2. The average Bonchev–Trinajstić information content (AvgIpc) is 3.26. The molecule has 3 aromatic rings. The molecule has 0 aliphatic carbocycles. The number of carbonyl (C=O) groups excluding carboxylic acids is 1. The van der Waals surface area contributed by atoms with E-state index < -0.39 is 15.8 Å². The second-order valence-electron chi connectivity index (χ2n) is 6.66. The molecule has 0 fully saturated rings. The van der Waals surface area contributed by atoms with Gasteiger partial charge in [0.05, 0.1) is 9.92 Å². The zero-order valence-corrected chi connectivity index (χ0v) is 18.3. The lowest BCUT2D eigenvalue weighted by Crippen LogP contribution is -2.38. The van der Waals surface area contributed by atoms with Crippen LogP contribution in [0.15, 0.2) is 47.6 Å². The summed E-state index contributed by atoms with van der Waals surface area (Å²) in [4.78, 5) is 18.1. The number of aryl methyl sites for hydroxylation is 1. The number of amides is 1. The van der Waals surface area contributed by atoms with Gasteiger partial charge in [0.15, 0.2) is 6.61 Å². The minimum atomic E-state index is -3.89. The summed E-state index contributed by atoms with van der Waals surface area (Å²) in [6, 6.07) is 8.47. The van der Waals surface area contributed by atoms with Crippen molar-refractivity contribution in [2.45, 2.75) is 17.7 Å². The quantitative estimate of drug-likeness (QED) is 0.577. The van der Waals surface area contributed by atoms with Gasteiger partial charge in [0, 0.05) is 29.8 Å². The van der Waals surface area contributed by atoms with Crippen LogP contribution in [0.25, 0.3) is 0 Å². The van der Waals surface area contributed by atoms with Crippen LogP contribution in [-0.2, 0) is 21.2 Å². The topological polar surface area (TPSA) is 101 Å². The fourth-order valence-corrected chi connectivity index (χ4v) is 5.01. The minimum Gasteiger partial charge on any atom is -0.484 e. The van der Waals surface area contributed by atoms with E-state index in [9.17, 15) is 17.6 Å². The molecule has 1 aliphatic rings. The fraction of sp³-hybridized carbons (Fsp3) is 0.211. The highest BCUT2D eigenvalue weighted by molar-refractivity contribution is 7.93. The molecule has 0 saturated heterocycles. The van der Waals surface area contributed by atoms with E-state index in [0.29, 0.717) is 12.2 Å². The smallest absolute Gasteiger partial charge is 0.264 e. The summed E-state index contributed by atoms with van der Waals surface area (Å²) in [5.41, 5.74) is 1.37. The van der Waals surface area contributed by atoms with Crippen LogP contribution in [0.2, 0.25) is 5.02 Å². The zero-order chi connectivity index (χ0) is 22.0. The highest BCUT2D eigenvalue weighted by atomic mass is 35.5. The molecule has 0 unspecified atom stereocenters. The summed E-state index contributed by atoms with van der Waals surface area (Å²) < 4.78 is 50.2. The van der Waals surface area contributed by atoms with Crippen molar-refractivity contribution in [1.29, 1.82) is 0 Å². The molecule has 1 aliphatic heterocycles. The van der Waals surface area contributed by atoms with Gasteiger partial charge in [-0.1, -0.05) is 17.7 Å². The van der Waals surface area contributed by atoms with Crippen molar-refractivity contribution in [2.75, 3.05) is 22.8 Å². The summed E-state index contributed by atoms with van der Waals surface area (Å²) in [5, 5.41) is 0.0445. The first kappa shape index (κ1) is 21.5.